The van der Waals surface area contributed by atoms with Crippen LogP contribution in [0.5, 0.6) is 5.75 Å². The molecule has 1 heterocycles. The van der Waals surface area contributed by atoms with E-state index in [-0.39, 0.29) is 12.5 Å². The SMILES string of the molecule is Cc1nc(COc2ccc(NC(=O)C(C)(C)c3cccc(Br)c3)cc2)no1. The van der Waals surface area contributed by atoms with Gasteiger partial charge in [0.25, 0.3) is 0 Å². The third-order valence-corrected chi connectivity index (χ3v) is 4.66. The second-order valence-corrected chi connectivity index (χ2v) is 7.55. The van der Waals surface area contributed by atoms with Gasteiger partial charge in [-0.2, -0.15) is 4.98 Å². The minimum absolute atomic E-state index is 0.0865. The van der Waals surface area contributed by atoms with Crippen molar-refractivity contribution < 1.29 is 14.1 Å². The summed E-state index contributed by atoms with van der Waals surface area (Å²) in [5.41, 5.74) is 0.964. The van der Waals surface area contributed by atoms with Gasteiger partial charge in [-0.25, -0.2) is 0 Å². The summed E-state index contributed by atoms with van der Waals surface area (Å²) >= 11 is 3.45. The Kier molecular flexibility index (Phi) is 5.60. The van der Waals surface area contributed by atoms with Crippen molar-refractivity contribution in [3.8, 4) is 5.75 Å². The normalized spacial score (nSPS) is 11.3. The molecule has 3 rings (SSSR count). The van der Waals surface area contributed by atoms with Crippen molar-refractivity contribution in [3.63, 3.8) is 0 Å². The molecule has 0 radical (unpaired) electrons. The number of amides is 1. The molecule has 0 saturated carbocycles. The Labute approximate surface area is 166 Å². The van der Waals surface area contributed by atoms with Gasteiger partial charge in [0.15, 0.2) is 6.61 Å². The van der Waals surface area contributed by atoms with Gasteiger partial charge in [-0.15, -0.1) is 0 Å². The topological polar surface area (TPSA) is 77.2 Å². The summed E-state index contributed by atoms with van der Waals surface area (Å²) in [6.45, 7) is 5.74. The molecule has 1 N–H and O–H groups in total. The molecular weight excluding hydrogens is 410 g/mol. The highest BCUT2D eigenvalue weighted by Crippen LogP contribution is 2.28. The van der Waals surface area contributed by atoms with Gasteiger partial charge in [0, 0.05) is 17.1 Å². The van der Waals surface area contributed by atoms with Gasteiger partial charge >= 0.3 is 0 Å². The molecule has 0 spiro atoms. The molecular formula is C20H20BrN3O3. The van der Waals surface area contributed by atoms with E-state index in [0.29, 0.717) is 23.2 Å². The summed E-state index contributed by atoms with van der Waals surface area (Å²) in [5.74, 6) is 1.55. The fraction of sp³-hybridized carbons (Fsp3) is 0.250. The third kappa shape index (κ3) is 4.74. The van der Waals surface area contributed by atoms with Crippen LogP contribution in [0.1, 0.15) is 31.1 Å². The number of benzene rings is 2. The first-order valence-corrected chi connectivity index (χ1v) is 9.23. The van der Waals surface area contributed by atoms with Crippen LogP contribution in [0.2, 0.25) is 0 Å². The van der Waals surface area contributed by atoms with Crippen LogP contribution in [0.25, 0.3) is 0 Å². The monoisotopic (exact) mass is 429 g/mol. The number of ether oxygens (including phenoxy) is 1. The zero-order valence-electron chi connectivity index (χ0n) is 15.3. The van der Waals surface area contributed by atoms with Crippen LogP contribution in [0.3, 0.4) is 0 Å². The summed E-state index contributed by atoms with van der Waals surface area (Å²) in [7, 11) is 0. The molecule has 7 heteroatoms. The second kappa shape index (κ2) is 7.92. The first kappa shape index (κ1) is 19.1. The van der Waals surface area contributed by atoms with E-state index in [2.05, 4.69) is 31.4 Å². The Bertz CT molecular complexity index is 936. The maximum absolute atomic E-state index is 12.8. The Morgan fingerprint density at radius 1 is 1.22 bits per heavy atom. The van der Waals surface area contributed by atoms with Crippen molar-refractivity contribution in [2.75, 3.05) is 5.32 Å². The van der Waals surface area contributed by atoms with Gasteiger partial charge in [0.05, 0.1) is 5.41 Å². The van der Waals surface area contributed by atoms with E-state index in [1.54, 1.807) is 31.2 Å². The maximum Gasteiger partial charge on any atom is 0.234 e. The average molecular weight is 430 g/mol. The van der Waals surface area contributed by atoms with Crippen LogP contribution in [-0.4, -0.2) is 16.0 Å². The number of aryl methyl sites for hydroxylation is 1. The lowest BCUT2D eigenvalue weighted by atomic mass is 9.83. The number of hydrogen-bond acceptors (Lipinski definition) is 5. The number of carbonyl (C=O) groups is 1. The number of anilines is 1. The maximum atomic E-state index is 12.8. The number of halogens is 1. The Morgan fingerprint density at radius 3 is 2.59 bits per heavy atom. The van der Waals surface area contributed by atoms with Gasteiger partial charge < -0.3 is 14.6 Å². The first-order chi connectivity index (χ1) is 12.8. The zero-order chi connectivity index (χ0) is 19.4. The van der Waals surface area contributed by atoms with E-state index >= 15 is 0 Å². The third-order valence-electron chi connectivity index (χ3n) is 4.16. The standard InChI is InChI=1S/C20H20BrN3O3/c1-13-22-18(24-27-13)12-26-17-9-7-16(8-10-17)23-19(25)20(2,3)14-5-4-6-15(21)11-14/h4-11H,12H2,1-3H3,(H,23,25). The van der Waals surface area contributed by atoms with E-state index in [4.69, 9.17) is 9.26 Å². The molecule has 6 nitrogen and oxygen atoms in total. The van der Waals surface area contributed by atoms with E-state index < -0.39 is 5.41 Å². The Hall–Kier alpha value is -2.67. The summed E-state index contributed by atoms with van der Waals surface area (Å²) < 4.78 is 11.5. The van der Waals surface area contributed by atoms with Gasteiger partial charge in [-0.3, -0.25) is 4.79 Å². The van der Waals surface area contributed by atoms with Gasteiger partial charge in [-0.05, 0) is 55.8 Å². The van der Waals surface area contributed by atoms with Gasteiger partial charge in [0.1, 0.15) is 5.75 Å². The highest BCUT2D eigenvalue weighted by Gasteiger charge is 2.30. The number of rotatable bonds is 6. The Morgan fingerprint density at radius 2 is 1.96 bits per heavy atom. The molecule has 0 aliphatic rings. The first-order valence-electron chi connectivity index (χ1n) is 8.44. The highest BCUT2D eigenvalue weighted by atomic mass is 79.9. The lowest BCUT2D eigenvalue weighted by molar-refractivity contribution is -0.120. The van der Waals surface area contributed by atoms with E-state index in [9.17, 15) is 4.79 Å². The molecule has 2 aromatic carbocycles. The van der Waals surface area contributed by atoms with E-state index in [0.717, 1.165) is 10.0 Å². The number of carbonyl (C=O) groups excluding carboxylic acids is 1. The molecule has 27 heavy (non-hydrogen) atoms. The minimum atomic E-state index is -0.671. The average Bonchev–Trinajstić information content (AvgIpc) is 3.06. The predicted octanol–water partition coefficient (Wildman–Crippen LogP) is 4.64. The highest BCUT2D eigenvalue weighted by molar-refractivity contribution is 9.10. The van der Waals surface area contributed by atoms with Crippen LogP contribution in [-0.2, 0) is 16.8 Å². The van der Waals surface area contributed by atoms with Crippen LogP contribution < -0.4 is 10.1 Å². The van der Waals surface area contributed by atoms with Crippen LogP contribution in [0, 0.1) is 6.92 Å². The predicted molar refractivity (Wildman–Crippen MR) is 106 cm³/mol. The fourth-order valence-corrected chi connectivity index (χ4v) is 2.88. The summed E-state index contributed by atoms with van der Waals surface area (Å²) in [5, 5.41) is 6.73. The molecule has 0 unspecified atom stereocenters. The van der Waals surface area contributed by atoms with Crippen LogP contribution in [0.4, 0.5) is 5.69 Å². The van der Waals surface area contributed by atoms with E-state index in [1.807, 2.05) is 38.1 Å². The fourth-order valence-electron chi connectivity index (χ4n) is 2.48. The van der Waals surface area contributed by atoms with Crippen LogP contribution in [0.15, 0.2) is 57.5 Å². The molecule has 0 fully saturated rings. The molecule has 0 bridgehead atoms. The van der Waals surface area contributed by atoms with Crippen molar-refractivity contribution in [2.24, 2.45) is 0 Å². The largest absolute Gasteiger partial charge is 0.485 e. The van der Waals surface area contributed by atoms with Crippen molar-refractivity contribution in [2.45, 2.75) is 32.8 Å². The minimum Gasteiger partial charge on any atom is -0.485 e. The van der Waals surface area contributed by atoms with Gasteiger partial charge in [-0.1, -0.05) is 33.2 Å². The molecule has 140 valence electrons. The molecule has 0 atom stereocenters. The number of aromatic nitrogens is 2. The van der Waals surface area contributed by atoms with Crippen molar-refractivity contribution in [1.82, 2.24) is 10.1 Å². The summed E-state index contributed by atoms with van der Waals surface area (Å²) in [4.78, 5) is 16.8. The number of nitrogens with one attached hydrogen (secondary N) is 1. The van der Waals surface area contributed by atoms with Crippen molar-refractivity contribution in [1.29, 1.82) is 0 Å². The quantitative estimate of drug-likeness (QED) is 0.617. The zero-order valence-corrected chi connectivity index (χ0v) is 16.9. The number of hydrogen-bond donors (Lipinski definition) is 1. The second-order valence-electron chi connectivity index (χ2n) is 6.63. The molecule has 0 aliphatic heterocycles. The molecule has 0 saturated heterocycles. The summed E-state index contributed by atoms with van der Waals surface area (Å²) in [6.07, 6.45) is 0. The van der Waals surface area contributed by atoms with Gasteiger partial charge in [0.2, 0.25) is 17.6 Å². The number of nitrogens with zero attached hydrogens (tertiary/aromatic N) is 2. The lowest BCUT2D eigenvalue weighted by Gasteiger charge is -2.24. The smallest absolute Gasteiger partial charge is 0.234 e. The molecule has 1 aromatic heterocycles. The molecule has 0 aliphatic carbocycles. The van der Waals surface area contributed by atoms with E-state index in [1.165, 1.54) is 0 Å². The summed E-state index contributed by atoms with van der Waals surface area (Å²) in [6, 6.07) is 14.9. The van der Waals surface area contributed by atoms with Crippen LogP contribution >= 0.6 is 15.9 Å². The molecule has 3 aromatic rings. The lowest BCUT2D eigenvalue weighted by Crippen LogP contribution is -2.34. The van der Waals surface area contributed by atoms with Crippen molar-refractivity contribution >= 4 is 27.5 Å². The Balaban J connectivity index is 1.62. The molecule has 1 amide bonds. The van der Waals surface area contributed by atoms with Crippen molar-refractivity contribution in [3.05, 3.63) is 70.3 Å².